The van der Waals surface area contributed by atoms with Crippen LogP contribution in [-0.2, 0) is 17.8 Å². The molecule has 2 fully saturated rings. The summed E-state index contributed by atoms with van der Waals surface area (Å²) in [7, 11) is 0. The van der Waals surface area contributed by atoms with Gasteiger partial charge in [0.25, 0.3) is 5.91 Å². The maximum absolute atomic E-state index is 14.6. The fraction of sp³-hybridized carbons (Fsp3) is 0.455. The Morgan fingerprint density at radius 2 is 2.00 bits per heavy atom. The van der Waals surface area contributed by atoms with Crippen molar-refractivity contribution in [2.45, 2.75) is 51.2 Å². The second-order valence-corrected chi connectivity index (χ2v) is 12.1. The molecule has 2 aromatic carbocycles. The Balaban J connectivity index is 1.34. The van der Waals surface area contributed by atoms with Gasteiger partial charge in [-0.1, -0.05) is 43.3 Å². The van der Waals surface area contributed by atoms with E-state index < -0.39 is 23.6 Å². The van der Waals surface area contributed by atoms with Crippen LogP contribution in [0.2, 0.25) is 5.02 Å². The highest BCUT2D eigenvalue weighted by Crippen LogP contribution is 2.38. The number of likely N-dealkylation sites (tertiary alicyclic amines) is 1. The third-order valence-corrected chi connectivity index (χ3v) is 9.56. The van der Waals surface area contributed by atoms with Gasteiger partial charge in [-0.25, -0.2) is 8.78 Å². The highest BCUT2D eigenvalue weighted by atomic mass is 35.5. The highest BCUT2D eigenvalue weighted by Gasteiger charge is 2.35. The highest BCUT2D eigenvalue weighted by molar-refractivity contribution is 6.36. The Hall–Kier alpha value is -4.01. The maximum atomic E-state index is 14.6. The summed E-state index contributed by atoms with van der Waals surface area (Å²) in [6.45, 7) is 9.74. The third kappa shape index (κ3) is 6.14. The van der Waals surface area contributed by atoms with E-state index in [9.17, 15) is 18.8 Å². The van der Waals surface area contributed by atoms with E-state index in [0.29, 0.717) is 50.4 Å². The van der Waals surface area contributed by atoms with E-state index in [4.69, 9.17) is 26.3 Å². The lowest BCUT2D eigenvalue weighted by Crippen LogP contribution is -2.55. The molecule has 3 aromatic rings. The molecule has 0 unspecified atom stereocenters. The van der Waals surface area contributed by atoms with Gasteiger partial charge in [0.2, 0.25) is 0 Å². The summed E-state index contributed by atoms with van der Waals surface area (Å²) in [5.41, 5.74) is 2.57. The van der Waals surface area contributed by atoms with Gasteiger partial charge in [0.1, 0.15) is 18.2 Å². The zero-order chi connectivity index (χ0) is 31.7. The second kappa shape index (κ2) is 13.2. The molecule has 4 heterocycles. The summed E-state index contributed by atoms with van der Waals surface area (Å²) in [6, 6.07) is 11.1. The fourth-order valence-electron chi connectivity index (χ4n) is 6.90. The predicted molar refractivity (Wildman–Crippen MR) is 170 cm³/mol. The number of fused-ring (bicyclic) bond motifs is 2. The number of carbonyl (C=O) groups is 1. The molecule has 0 saturated carbocycles. The SMILES string of the molecule is C=C(F)C(=O)N1CCN(c2nc(OC[C@@H]3CCCN3CC)nc3c2CCN(c2cccc4ccc(F)c(Cl)c24)C3)C[C@@H]1CC#N. The van der Waals surface area contributed by atoms with E-state index in [0.717, 1.165) is 48.3 Å². The molecule has 1 amide bonds. The third-order valence-electron chi connectivity index (χ3n) is 9.19. The molecule has 236 valence electrons. The second-order valence-electron chi connectivity index (χ2n) is 11.8. The van der Waals surface area contributed by atoms with Crippen LogP contribution in [0, 0.1) is 17.1 Å². The van der Waals surface area contributed by atoms with Crippen molar-refractivity contribution in [3.8, 4) is 12.1 Å². The summed E-state index contributed by atoms with van der Waals surface area (Å²) in [5, 5.41) is 11.1. The van der Waals surface area contributed by atoms with Crippen molar-refractivity contribution in [2.75, 3.05) is 55.7 Å². The first-order chi connectivity index (χ1) is 21.8. The first kappa shape index (κ1) is 31.0. The van der Waals surface area contributed by atoms with Crippen LogP contribution < -0.4 is 14.5 Å². The number of carbonyl (C=O) groups excluding carboxylic acids is 1. The van der Waals surface area contributed by atoms with Gasteiger partial charge in [-0.3, -0.25) is 9.69 Å². The monoisotopic (exact) mass is 635 g/mol. The summed E-state index contributed by atoms with van der Waals surface area (Å²) in [5.74, 6) is -1.60. The molecule has 0 radical (unpaired) electrons. The summed E-state index contributed by atoms with van der Waals surface area (Å²) in [4.78, 5) is 30.3. The van der Waals surface area contributed by atoms with Crippen LogP contribution in [0.4, 0.5) is 20.3 Å². The standard InChI is InChI=1S/C33H36ClF2N7O2/c1-3-40-14-5-7-24(40)20-45-33-38-27-19-41(28-8-4-6-22-9-10-26(36)30(34)29(22)28)15-12-25(27)31(39-33)42-16-17-43(32(44)21(2)35)23(18-42)11-13-37/h4,6,8-10,23-24H,2-3,5,7,11-12,14-20H2,1H3/t23-,24-/m0/s1. The number of ether oxygens (including phenoxy) is 1. The van der Waals surface area contributed by atoms with Crippen LogP contribution in [0.15, 0.2) is 42.7 Å². The summed E-state index contributed by atoms with van der Waals surface area (Å²) < 4.78 is 34.6. The summed E-state index contributed by atoms with van der Waals surface area (Å²) in [6.07, 6.45) is 2.82. The maximum Gasteiger partial charge on any atom is 0.318 e. The Morgan fingerprint density at radius 1 is 1.16 bits per heavy atom. The number of nitriles is 1. The zero-order valence-corrected chi connectivity index (χ0v) is 26.1. The van der Waals surface area contributed by atoms with Gasteiger partial charge < -0.3 is 19.4 Å². The molecule has 9 nitrogen and oxygen atoms in total. The van der Waals surface area contributed by atoms with Gasteiger partial charge in [-0.2, -0.15) is 15.2 Å². The van der Waals surface area contributed by atoms with E-state index in [1.807, 2.05) is 23.1 Å². The molecular weight excluding hydrogens is 600 g/mol. The van der Waals surface area contributed by atoms with E-state index >= 15 is 0 Å². The van der Waals surface area contributed by atoms with Gasteiger partial charge in [-0.15, -0.1) is 0 Å². The van der Waals surface area contributed by atoms with Crippen molar-refractivity contribution >= 4 is 39.8 Å². The number of aromatic nitrogens is 2. The Morgan fingerprint density at radius 3 is 2.78 bits per heavy atom. The van der Waals surface area contributed by atoms with E-state index in [1.165, 1.54) is 11.0 Å². The number of benzene rings is 2. The van der Waals surface area contributed by atoms with Crippen molar-refractivity contribution in [1.29, 1.82) is 5.26 Å². The molecule has 2 saturated heterocycles. The number of anilines is 2. The minimum absolute atomic E-state index is 0.0485. The Bertz CT molecular complexity index is 1660. The normalized spacial score (nSPS) is 20.3. The molecule has 12 heteroatoms. The Kier molecular flexibility index (Phi) is 9.06. The average molecular weight is 636 g/mol. The molecule has 6 rings (SSSR count). The lowest BCUT2D eigenvalue weighted by Gasteiger charge is -2.42. The van der Waals surface area contributed by atoms with E-state index in [1.54, 1.807) is 6.07 Å². The molecule has 0 N–H and O–H groups in total. The number of nitrogens with zero attached hydrogens (tertiary/aromatic N) is 7. The molecule has 45 heavy (non-hydrogen) atoms. The molecule has 3 aliphatic rings. The van der Waals surface area contributed by atoms with Gasteiger partial charge in [0, 0.05) is 48.9 Å². The number of halogens is 3. The lowest BCUT2D eigenvalue weighted by molar-refractivity contribution is -0.131. The van der Waals surface area contributed by atoms with Crippen LogP contribution >= 0.6 is 11.6 Å². The molecule has 2 atom stereocenters. The quantitative estimate of drug-likeness (QED) is 0.310. The van der Waals surface area contributed by atoms with Gasteiger partial charge >= 0.3 is 6.01 Å². The molecule has 1 aromatic heterocycles. The Labute approximate surface area is 266 Å². The van der Waals surface area contributed by atoms with Crippen molar-refractivity contribution in [3.05, 3.63) is 64.8 Å². The topological polar surface area (TPSA) is 88.8 Å². The fourth-order valence-corrected chi connectivity index (χ4v) is 7.17. The van der Waals surface area contributed by atoms with Gasteiger partial charge in [0.05, 0.1) is 35.8 Å². The van der Waals surface area contributed by atoms with Crippen LogP contribution in [0.3, 0.4) is 0 Å². The number of piperazine rings is 1. The minimum atomic E-state index is -1.04. The number of hydrogen-bond donors (Lipinski definition) is 0. The van der Waals surface area contributed by atoms with Crippen LogP contribution in [-0.4, -0.2) is 83.6 Å². The van der Waals surface area contributed by atoms with Crippen LogP contribution in [0.5, 0.6) is 6.01 Å². The number of rotatable bonds is 8. The zero-order valence-electron chi connectivity index (χ0n) is 25.3. The number of amides is 1. The van der Waals surface area contributed by atoms with E-state index in [-0.39, 0.29) is 30.0 Å². The number of hydrogen-bond acceptors (Lipinski definition) is 8. The number of likely N-dealkylation sites (N-methyl/N-ethyl adjacent to an activating group) is 1. The van der Waals surface area contributed by atoms with E-state index in [2.05, 4.69) is 29.4 Å². The van der Waals surface area contributed by atoms with Gasteiger partial charge in [0.15, 0.2) is 5.83 Å². The molecule has 0 bridgehead atoms. The largest absolute Gasteiger partial charge is 0.462 e. The van der Waals surface area contributed by atoms with Crippen molar-refractivity contribution in [1.82, 2.24) is 19.8 Å². The van der Waals surface area contributed by atoms with Crippen molar-refractivity contribution in [2.24, 2.45) is 0 Å². The van der Waals surface area contributed by atoms with Crippen LogP contribution in [0.25, 0.3) is 10.8 Å². The summed E-state index contributed by atoms with van der Waals surface area (Å²) >= 11 is 6.48. The molecule has 3 aliphatic heterocycles. The lowest BCUT2D eigenvalue weighted by atomic mass is 10.0. The first-order valence-corrected chi connectivity index (χ1v) is 15.8. The van der Waals surface area contributed by atoms with Gasteiger partial charge in [-0.05, 0) is 49.9 Å². The van der Waals surface area contributed by atoms with Crippen LogP contribution in [0.1, 0.15) is 37.4 Å². The average Bonchev–Trinajstić information content (AvgIpc) is 3.52. The predicted octanol–water partition coefficient (Wildman–Crippen LogP) is 5.26. The van der Waals surface area contributed by atoms with Crippen molar-refractivity contribution in [3.63, 3.8) is 0 Å². The van der Waals surface area contributed by atoms with Crippen molar-refractivity contribution < 1.29 is 18.3 Å². The molecule has 0 spiro atoms. The minimum Gasteiger partial charge on any atom is -0.462 e. The smallest absolute Gasteiger partial charge is 0.318 e. The first-order valence-electron chi connectivity index (χ1n) is 15.4. The molecule has 0 aliphatic carbocycles. The molecular formula is C33H36ClF2N7O2.